The van der Waals surface area contributed by atoms with Crippen LogP contribution < -0.4 is 5.32 Å². The molecular weight excluding hydrogens is 318 g/mol. The first-order valence-electron chi connectivity index (χ1n) is 7.26. The van der Waals surface area contributed by atoms with Crippen molar-refractivity contribution in [2.24, 2.45) is 5.92 Å². The lowest BCUT2D eigenvalue weighted by Crippen LogP contribution is -2.37. The first kappa shape index (κ1) is 15.5. The zero-order valence-electron chi connectivity index (χ0n) is 11.8. The van der Waals surface area contributed by atoms with Crippen LogP contribution in [0.2, 0.25) is 0 Å². The Bertz CT molecular complexity index is 442. The average molecular weight is 340 g/mol. The van der Waals surface area contributed by atoms with Crippen LogP contribution in [0.25, 0.3) is 0 Å². The van der Waals surface area contributed by atoms with Crippen LogP contribution in [0, 0.1) is 5.92 Å². The van der Waals surface area contributed by atoms with E-state index in [4.69, 9.17) is 5.11 Å². The molecule has 0 saturated heterocycles. The third kappa shape index (κ3) is 4.60. The minimum Gasteiger partial charge on any atom is -0.396 e. The summed E-state index contributed by atoms with van der Waals surface area (Å²) in [6.07, 6.45) is 3.51. The highest BCUT2D eigenvalue weighted by molar-refractivity contribution is 9.10. The maximum atomic E-state index is 12.1. The Hall–Kier alpha value is -0.870. The van der Waals surface area contributed by atoms with Gasteiger partial charge in [-0.2, -0.15) is 0 Å². The highest BCUT2D eigenvalue weighted by atomic mass is 79.9. The molecule has 0 radical (unpaired) electrons. The third-order valence-electron chi connectivity index (χ3n) is 3.91. The largest absolute Gasteiger partial charge is 0.396 e. The Morgan fingerprint density at radius 1 is 1.40 bits per heavy atom. The molecule has 2 unspecified atom stereocenters. The number of hydrogen-bond acceptors (Lipinski definition) is 2. The highest BCUT2D eigenvalue weighted by Crippen LogP contribution is 2.34. The second-order valence-electron chi connectivity index (χ2n) is 5.68. The van der Waals surface area contributed by atoms with Gasteiger partial charge in [-0.05, 0) is 48.8 Å². The Balaban J connectivity index is 1.85. The topological polar surface area (TPSA) is 49.3 Å². The van der Waals surface area contributed by atoms with Crippen molar-refractivity contribution in [1.29, 1.82) is 0 Å². The van der Waals surface area contributed by atoms with E-state index in [1.54, 1.807) is 0 Å². The molecule has 0 bridgehead atoms. The number of amides is 1. The Kier molecular flexibility index (Phi) is 5.61. The number of rotatable bonds is 7. The van der Waals surface area contributed by atoms with Gasteiger partial charge < -0.3 is 10.4 Å². The van der Waals surface area contributed by atoms with E-state index in [1.165, 1.54) is 18.4 Å². The van der Waals surface area contributed by atoms with Crippen LogP contribution in [0.1, 0.15) is 44.1 Å². The summed E-state index contributed by atoms with van der Waals surface area (Å²) in [6.45, 7) is 2.21. The van der Waals surface area contributed by atoms with Crippen molar-refractivity contribution in [3.63, 3.8) is 0 Å². The molecule has 0 spiro atoms. The summed E-state index contributed by atoms with van der Waals surface area (Å²) in [5.41, 5.74) is 1.17. The molecule has 4 heteroatoms. The lowest BCUT2D eigenvalue weighted by atomic mass is 9.97. The first-order chi connectivity index (χ1) is 9.60. The summed E-state index contributed by atoms with van der Waals surface area (Å²) in [7, 11) is 0. The van der Waals surface area contributed by atoms with Gasteiger partial charge in [0.05, 0.1) is 0 Å². The third-order valence-corrected chi connectivity index (χ3v) is 4.44. The maximum Gasteiger partial charge on any atom is 0.220 e. The molecule has 2 atom stereocenters. The number of nitrogens with one attached hydrogen (secondary N) is 1. The molecule has 0 aliphatic heterocycles. The predicted molar refractivity (Wildman–Crippen MR) is 83.5 cm³/mol. The van der Waals surface area contributed by atoms with Gasteiger partial charge in [-0.25, -0.2) is 0 Å². The van der Waals surface area contributed by atoms with Crippen molar-refractivity contribution < 1.29 is 9.90 Å². The summed E-state index contributed by atoms with van der Waals surface area (Å²) in [6, 6.07) is 8.26. The van der Waals surface area contributed by atoms with Crippen LogP contribution in [0.15, 0.2) is 28.7 Å². The van der Waals surface area contributed by atoms with Crippen LogP contribution in [-0.4, -0.2) is 23.7 Å². The smallest absolute Gasteiger partial charge is 0.220 e. The Morgan fingerprint density at radius 3 is 2.60 bits per heavy atom. The van der Waals surface area contributed by atoms with E-state index in [0.29, 0.717) is 18.8 Å². The van der Waals surface area contributed by atoms with E-state index in [1.807, 2.05) is 24.3 Å². The lowest BCUT2D eigenvalue weighted by Gasteiger charge is -2.19. The minimum atomic E-state index is 0.0887. The number of benzene rings is 1. The molecule has 1 aromatic rings. The molecule has 1 amide bonds. The number of carbonyl (C=O) groups is 1. The molecule has 110 valence electrons. The maximum absolute atomic E-state index is 12.1. The normalized spacial score (nSPS) is 17.6. The van der Waals surface area contributed by atoms with Gasteiger partial charge in [0.2, 0.25) is 5.91 Å². The summed E-state index contributed by atoms with van der Waals surface area (Å²) in [5.74, 6) is 0.872. The zero-order valence-corrected chi connectivity index (χ0v) is 13.4. The van der Waals surface area contributed by atoms with Gasteiger partial charge in [-0.1, -0.05) is 35.0 Å². The van der Waals surface area contributed by atoms with Crippen molar-refractivity contribution in [3.05, 3.63) is 34.3 Å². The van der Waals surface area contributed by atoms with Crippen LogP contribution >= 0.6 is 15.9 Å². The van der Waals surface area contributed by atoms with Crippen molar-refractivity contribution >= 4 is 21.8 Å². The molecule has 1 aliphatic rings. The fourth-order valence-corrected chi connectivity index (χ4v) is 2.78. The summed E-state index contributed by atoms with van der Waals surface area (Å²) >= 11 is 3.42. The van der Waals surface area contributed by atoms with Gasteiger partial charge in [0.25, 0.3) is 0 Å². The molecule has 20 heavy (non-hydrogen) atoms. The summed E-state index contributed by atoms with van der Waals surface area (Å²) in [5, 5.41) is 12.1. The van der Waals surface area contributed by atoms with Gasteiger partial charge in [-0.15, -0.1) is 0 Å². The molecule has 3 nitrogen and oxygen atoms in total. The summed E-state index contributed by atoms with van der Waals surface area (Å²) in [4.78, 5) is 12.1. The van der Waals surface area contributed by atoms with Crippen molar-refractivity contribution in [2.75, 3.05) is 6.61 Å². The van der Waals surface area contributed by atoms with E-state index in [9.17, 15) is 4.79 Å². The van der Waals surface area contributed by atoms with Gasteiger partial charge in [0.1, 0.15) is 0 Å². The van der Waals surface area contributed by atoms with Gasteiger partial charge in [0, 0.05) is 23.5 Å². The van der Waals surface area contributed by atoms with Crippen molar-refractivity contribution in [2.45, 2.75) is 44.6 Å². The molecular formula is C16H22BrNO2. The fraction of sp³-hybridized carbons (Fsp3) is 0.562. The molecule has 2 rings (SSSR count). The molecule has 1 aliphatic carbocycles. The quantitative estimate of drug-likeness (QED) is 0.801. The van der Waals surface area contributed by atoms with E-state index < -0.39 is 0 Å². The van der Waals surface area contributed by atoms with E-state index >= 15 is 0 Å². The van der Waals surface area contributed by atoms with Crippen molar-refractivity contribution in [3.8, 4) is 0 Å². The van der Waals surface area contributed by atoms with Crippen LogP contribution in [-0.2, 0) is 4.79 Å². The van der Waals surface area contributed by atoms with Crippen molar-refractivity contribution in [1.82, 2.24) is 5.32 Å². The first-order valence-corrected chi connectivity index (χ1v) is 8.05. The van der Waals surface area contributed by atoms with E-state index in [2.05, 4.69) is 28.2 Å². The standard InChI is InChI=1S/C16H22BrNO2/c1-11(12-4-6-14(17)7-5-12)10-16(20)18-15(8-9-19)13-2-3-13/h4-7,11,13,15,19H,2-3,8-10H2,1H3,(H,18,20). The summed E-state index contributed by atoms with van der Waals surface area (Å²) < 4.78 is 1.05. The number of hydrogen-bond donors (Lipinski definition) is 2. The zero-order chi connectivity index (χ0) is 14.5. The second-order valence-corrected chi connectivity index (χ2v) is 6.60. The fourth-order valence-electron chi connectivity index (χ4n) is 2.52. The molecule has 0 heterocycles. The predicted octanol–water partition coefficient (Wildman–Crippen LogP) is 3.22. The number of aliphatic hydroxyl groups is 1. The molecule has 1 aromatic carbocycles. The molecule has 0 aromatic heterocycles. The van der Waals surface area contributed by atoms with Gasteiger partial charge >= 0.3 is 0 Å². The SMILES string of the molecule is CC(CC(=O)NC(CCO)C1CC1)c1ccc(Br)cc1. The minimum absolute atomic E-state index is 0.0887. The van der Waals surface area contributed by atoms with Gasteiger partial charge in [0.15, 0.2) is 0 Å². The number of aliphatic hydroxyl groups excluding tert-OH is 1. The monoisotopic (exact) mass is 339 g/mol. The lowest BCUT2D eigenvalue weighted by molar-refractivity contribution is -0.122. The average Bonchev–Trinajstić information content (AvgIpc) is 3.23. The molecule has 1 saturated carbocycles. The Labute approximate surface area is 128 Å². The van der Waals surface area contributed by atoms with E-state index in [-0.39, 0.29) is 24.5 Å². The Morgan fingerprint density at radius 2 is 2.05 bits per heavy atom. The number of carbonyl (C=O) groups excluding carboxylic acids is 1. The van der Waals surface area contributed by atoms with Crippen LogP contribution in [0.5, 0.6) is 0 Å². The van der Waals surface area contributed by atoms with E-state index in [0.717, 1.165) is 4.47 Å². The van der Waals surface area contributed by atoms with Gasteiger partial charge in [-0.3, -0.25) is 4.79 Å². The molecule has 2 N–H and O–H groups in total. The van der Waals surface area contributed by atoms with Crippen LogP contribution in [0.3, 0.4) is 0 Å². The highest BCUT2D eigenvalue weighted by Gasteiger charge is 2.31. The second kappa shape index (κ2) is 7.23. The number of halogens is 1. The molecule has 1 fully saturated rings. The van der Waals surface area contributed by atoms with Crippen LogP contribution in [0.4, 0.5) is 0 Å².